The lowest BCUT2D eigenvalue weighted by molar-refractivity contribution is 0.413. The molecular formula is C10H10N2OS. The normalized spacial score (nSPS) is 10.1. The highest BCUT2D eigenvalue weighted by molar-refractivity contribution is 7.15. The topological polar surface area (TPSA) is 35.0 Å². The summed E-state index contributed by atoms with van der Waals surface area (Å²) in [4.78, 5) is 9.41. The molecule has 0 radical (unpaired) electrons. The molecule has 4 heteroatoms. The van der Waals surface area contributed by atoms with E-state index in [4.69, 9.17) is 4.74 Å². The Balaban J connectivity index is 2.41. The van der Waals surface area contributed by atoms with Crippen LogP contribution in [0, 0.1) is 6.92 Å². The van der Waals surface area contributed by atoms with Gasteiger partial charge in [0.2, 0.25) is 0 Å². The fraction of sp³-hybridized carbons (Fsp3) is 0.200. The van der Waals surface area contributed by atoms with Crippen LogP contribution in [0.2, 0.25) is 0 Å². The van der Waals surface area contributed by atoms with Gasteiger partial charge in [-0.15, -0.1) is 11.3 Å². The van der Waals surface area contributed by atoms with Gasteiger partial charge in [-0.05, 0) is 13.0 Å². The monoisotopic (exact) mass is 206 g/mol. The van der Waals surface area contributed by atoms with Crippen LogP contribution < -0.4 is 4.74 Å². The maximum absolute atomic E-state index is 5.10. The number of ether oxygens (including phenoxy) is 1. The Morgan fingerprint density at radius 1 is 1.29 bits per heavy atom. The Morgan fingerprint density at radius 3 is 2.79 bits per heavy atom. The van der Waals surface area contributed by atoms with E-state index in [0.29, 0.717) is 0 Å². The molecule has 0 atom stereocenters. The van der Waals surface area contributed by atoms with Crippen LogP contribution in [0.25, 0.3) is 10.4 Å². The van der Waals surface area contributed by atoms with Crippen LogP contribution in [0.15, 0.2) is 24.7 Å². The molecular weight excluding hydrogens is 196 g/mol. The van der Waals surface area contributed by atoms with Crippen LogP contribution in [-0.4, -0.2) is 17.1 Å². The van der Waals surface area contributed by atoms with Gasteiger partial charge in [0.15, 0.2) is 0 Å². The third-order valence-corrected chi connectivity index (χ3v) is 2.82. The van der Waals surface area contributed by atoms with Crippen molar-refractivity contribution in [2.75, 3.05) is 7.11 Å². The molecule has 0 amide bonds. The van der Waals surface area contributed by atoms with Gasteiger partial charge >= 0.3 is 0 Å². The molecule has 14 heavy (non-hydrogen) atoms. The SMILES string of the molecule is COc1cncc(-c2cnc(C)s2)c1. The fourth-order valence-corrected chi connectivity index (χ4v) is 1.92. The molecule has 0 aromatic carbocycles. The van der Waals surface area contributed by atoms with Crippen LogP contribution in [-0.2, 0) is 0 Å². The largest absolute Gasteiger partial charge is 0.495 e. The molecule has 0 aliphatic rings. The molecule has 0 unspecified atom stereocenters. The number of hydrogen-bond donors (Lipinski definition) is 0. The molecule has 0 aliphatic carbocycles. The maximum atomic E-state index is 5.10. The van der Waals surface area contributed by atoms with Gasteiger partial charge in [0.1, 0.15) is 5.75 Å². The van der Waals surface area contributed by atoms with E-state index in [-0.39, 0.29) is 0 Å². The standard InChI is InChI=1S/C10H10N2OS/c1-7-12-6-10(14-7)8-3-9(13-2)5-11-4-8/h3-6H,1-2H3. The van der Waals surface area contributed by atoms with Crippen molar-refractivity contribution < 1.29 is 4.74 Å². The molecule has 0 bridgehead atoms. The van der Waals surface area contributed by atoms with Gasteiger partial charge in [-0.2, -0.15) is 0 Å². The summed E-state index contributed by atoms with van der Waals surface area (Å²) in [5, 5.41) is 1.06. The van der Waals surface area contributed by atoms with E-state index < -0.39 is 0 Å². The molecule has 0 fully saturated rings. The van der Waals surface area contributed by atoms with Gasteiger partial charge in [-0.3, -0.25) is 4.98 Å². The third kappa shape index (κ3) is 1.75. The first-order valence-electron chi connectivity index (χ1n) is 4.21. The van der Waals surface area contributed by atoms with Gasteiger partial charge < -0.3 is 4.74 Å². The predicted molar refractivity (Wildman–Crippen MR) is 56.6 cm³/mol. The minimum Gasteiger partial charge on any atom is -0.495 e. The van der Waals surface area contributed by atoms with Gasteiger partial charge in [0.05, 0.1) is 23.2 Å². The first-order chi connectivity index (χ1) is 6.79. The lowest BCUT2D eigenvalue weighted by Gasteiger charge is -2.00. The average Bonchev–Trinajstić information content (AvgIpc) is 2.65. The minimum atomic E-state index is 0.772. The highest BCUT2D eigenvalue weighted by Crippen LogP contribution is 2.27. The van der Waals surface area contributed by atoms with Crippen molar-refractivity contribution in [2.45, 2.75) is 6.92 Å². The molecule has 0 saturated carbocycles. The van der Waals surface area contributed by atoms with Crippen LogP contribution in [0.5, 0.6) is 5.75 Å². The summed E-state index contributed by atoms with van der Waals surface area (Å²) in [6.45, 7) is 1.99. The number of rotatable bonds is 2. The summed E-state index contributed by atoms with van der Waals surface area (Å²) >= 11 is 1.65. The predicted octanol–water partition coefficient (Wildman–Crippen LogP) is 2.52. The van der Waals surface area contributed by atoms with E-state index in [9.17, 15) is 0 Å². The second-order valence-electron chi connectivity index (χ2n) is 2.86. The van der Waals surface area contributed by atoms with E-state index in [1.165, 1.54) is 0 Å². The van der Waals surface area contributed by atoms with E-state index in [0.717, 1.165) is 21.2 Å². The number of thiazole rings is 1. The van der Waals surface area contributed by atoms with E-state index in [1.807, 2.05) is 25.4 Å². The van der Waals surface area contributed by atoms with Crippen LogP contribution in [0.1, 0.15) is 5.01 Å². The number of pyridine rings is 1. The van der Waals surface area contributed by atoms with Gasteiger partial charge in [-0.25, -0.2) is 4.98 Å². The smallest absolute Gasteiger partial charge is 0.137 e. The number of aromatic nitrogens is 2. The Bertz CT molecular complexity index is 439. The van der Waals surface area contributed by atoms with Crippen molar-refractivity contribution in [2.24, 2.45) is 0 Å². The van der Waals surface area contributed by atoms with Gasteiger partial charge in [0, 0.05) is 18.0 Å². The van der Waals surface area contributed by atoms with Gasteiger partial charge in [-0.1, -0.05) is 0 Å². The average molecular weight is 206 g/mol. The Kier molecular flexibility index (Phi) is 2.45. The molecule has 0 N–H and O–H groups in total. The quantitative estimate of drug-likeness (QED) is 0.757. The summed E-state index contributed by atoms with van der Waals surface area (Å²) < 4.78 is 5.10. The van der Waals surface area contributed by atoms with Crippen LogP contribution in [0.4, 0.5) is 0 Å². The third-order valence-electron chi connectivity index (χ3n) is 1.85. The highest BCUT2D eigenvalue weighted by atomic mass is 32.1. The second-order valence-corrected chi connectivity index (χ2v) is 4.09. The van der Waals surface area contributed by atoms with Crippen molar-refractivity contribution >= 4 is 11.3 Å². The Morgan fingerprint density at radius 2 is 2.14 bits per heavy atom. The van der Waals surface area contributed by atoms with Gasteiger partial charge in [0.25, 0.3) is 0 Å². The molecule has 72 valence electrons. The van der Waals surface area contributed by atoms with E-state index >= 15 is 0 Å². The summed E-state index contributed by atoms with van der Waals surface area (Å²) in [5.74, 6) is 0.772. The Labute approximate surface area is 86.4 Å². The van der Waals surface area contributed by atoms with E-state index in [1.54, 1.807) is 24.6 Å². The summed E-state index contributed by atoms with van der Waals surface area (Å²) in [5.41, 5.74) is 1.05. The number of methoxy groups -OCH3 is 1. The van der Waals surface area contributed by atoms with Crippen molar-refractivity contribution in [3.8, 4) is 16.2 Å². The maximum Gasteiger partial charge on any atom is 0.137 e. The number of aryl methyl sites for hydroxylation is 1. The lowest BCUT2D eigenvalue weighted by Crippen LogP contribution is -1.84. The fourth-order valence-electron chi connectivity index (χ4n) is 1.16. The van der Waals surface area contributed by atoms with Crippen molar-refractivity contribution in [1.29, 1.82) is 0 Å². The zero-order valence-electron chi connectivity index (χ0n) is 8.02. The highest BCUT2D eigenvalue weighted by Gasteiger charge is 2.03. The van der Waals surface area contributed by atoms with Crippen LogP contribution >= 0.6 is 11.3 Å². The molecule has 0 aliphatic heterocycles. The molecule has 2 aromatic heterocycles. The zero-order chi connectivity index (χ0) is 9.97. The zero-order valence-corrected chi connectivity index (χ0v) is 8.84. The molecule has 3 nitrogen and oxygen atoms in total. The molecule has 2 aromatic rings. The number of nitrogens with zero attached hydrogens (tertiary/aromatic N) is 2. The minimum absolute atomic E-state index is 0.772. The number of hydrogen-bond acceptors (Lipinski definition) is 4. The first-order valence-corrected chi connectivity index (χ1v) is 5.03. The second kappa shape index (κ2) is 3.75. The summed E-state index contributed by atoms with van der Waals surface area (Å²) in [6, 6.07) is 1.96. The van der Waals surface area contributed by atoms with Crippen molar-refractivity contribution in [3.63, 3.8) is 0 Å². The summed E-state index contributed by atoms with van der Waals surface area (Å²) in [6.07, 6.45) is 5.36. The molecule has 0 spiro atoms. The lowest BCUT2D eigenvalue weighted by atomic mass is 10.2. The molecule has 2 heterocycles. The summed E-state index contributed by atoms with van der Waals surface area (Å²) in [7, 11) is 1.64. The Hall–Kier alpha value is -1.42. The van der Waals surface area contributed by atoms with Crippen molar-refractivity contribution in [3.05, 3.63) is 29.7 Å². The molecule has 2 rings (SSSR count). The first kappa shape index (κ1) is 9.15. The van der Waals surface area contributed by atoms with E-state index in [2.05, 4.69) is 9.97 Å². The van der Waals surface area contributed by atoms with Crippen LogP contribution in [0.3, 0.4) is 0 Å². The molecule has 0 saturated heterocycles. The van der Waals surface area contributed by atoms with Crippen molar-refractivity contribution in [1.82, 2.24) is 9.97 Å².